The predicted octanol–water partition coefficient (Wildman–Crippen LogP) is 1.59. The highest BCUT2D eigenvalue weighted by molar-refractivity contribution is 5.11. The Balaban J connectivity index is 1.92. The Bertz CT molecular complexity index is 139. The minimum Gasteiger partial charge on any atom is -0.374 e. The van der Waals surface area contributed by atoms with Crippen molar-refractivity contribution >= 4 is 0 Å². The molecule has 3 rings (SSSR count). The molecule has 2 aliphatic heterocycles. The van der Waals surface area contributed by atoms with E-state index in [1.807, 2.05) is 0 Å². The summed E-state index contributed by atoms with van der Waals surface area (Å²) >= 11 is 0. The van der Waals surface area contributed by atoms with Crippen LogP contribution in [0.3, 0.4) is 0 Å². The van der Waals surface area contributed by atoms with Crippen LogP contribution in [0.25, 0.3) is 0 Å². The summed E-state index contributed by atoms with van der Waals surface area (Å²) < 4.78 is 5.75. The summed E-state index contributed by atoms with van der Waals surface area (Å²) in [5.74, 6) is 1.70. The van der Waals surface area contributed by atoms with Gasteiger partial charge in [0.05, 0.1) is 12.2 Å². The Morgan fingerprint density at radius 1 is 1.30 bits per heavy atom. The van der Waals surface area contributed by atoms with E-state index in [9.17, 15) is 0 Å². The van der Waals surface area contributed by atoms with E-state index in [2.05, 4.69) is 12.8 Å². The largest absolute Gasteiger partial charge is 0.374 e. The lowest BCUT2D eigenvalue weighted by molar-refractivity contribution is 0.0922. The fourth-order valence-corrected chi connectivity index (χ4v) is 2.76. The van der Waals surface area contributed by atoms with Gasteiger partial charge in [-0.3, -0.25) is 0 Å². The van der Waals surface area contributed by atoms with Crippen LogP contribution >= 0.6 is 0 Å². The van der Waals surface area contributed by atoms with Gasteiger partial charge < -0.3 is 4.74 Å². The Morgan fingerprint density at radius 3 is 3.20 bits per heavy atom. The second-order valence-electron chi connectivity index (χ2n) is 3.66. The second-order valence-corrected chi connectivity index (χ2v) is 3.66. The van der Waals surface area contributed by atoms with Gasteiger partial charge in [0.2, 0.25) is 0 Å². The molecule has 2 heterocycles. The van der Waals surface area contributed by atoms with Gasteiger partial charge in [-0.15, -0.1) is 0 Å². The van der Waals surface area contributed by atoms with Crippen LogP contribution in [0.1, 0.15) is 19.3 Å². The molecule has 10 heavy (non-hydrogen) atoms. The summed E-state index contributed by atoms with van der Waals surface area (Å²) in [6, 6.07) is 0. The van der Waals surface area contributed by atoms with Crippen LogP contribution in [0.5, 0.6) is 0 Å². The molecule has 4 unspecified atom stereocenters. The van der Waals surface area contributed by atoms with Gasteiger partial charge in [0.25, 0.3) is 0 Å². The third kappa shape index (κ3) is 0.531. The standard InChI is InChI=1S/C9H12O/c1-2-6-7(3-1)9-5-4-8(6)10-9/h2,5-9H,1,3-4H2. The van der Waals surface area contributed by atoms with Gasteiger partial charge in [0.15, 0.2) is 0 Å². The van der Waals surface area contributed by atoms with Crippen molar-refractivity contribution in [2.75, 3.05) is 0 Å². The van der Waals surface area contributed by atoms with Crippen molar-refractivity contribution in [2.45, 2.75) is 31.5 Å². The zero-order chi connectivity index (χ0) is 6.55. The average molecular weight is 136 g/mol. The highest BCUT2D eigenvalue weighted by Gasteiger charge is 2.50. The molecule has 1 aliphatic carbocycles. The molecule has 3 aliphatic rings. The molecule has 2 saturated heterocycles. The van der Waals surface area contributed by atoms with Crippen LogP contribution in [0.15, 0.2) is 0 Å². The maximum atomic E-state index is 5.75. The quantitative estimate of drug-likeness (QED) is 0.491. The van der Waals surface area contributed by atoms with E-state index in [1.54, 1.807) is 0 Å². The summed E-state index contributed by atoms with van der Waals surface area (Å²) in [5, 5.41) is 0. The number of hydrogen-bond acceptors (Lipinski definition) is 1. The molecule has 1 saturated carbocycles. The molecular formula is C9H12O. The molecule has 3 fully saturated rings. The third-order valence-electron chi connectivity index (χ3n) is 3.22. The van der Waals surface area contributed by atoms with Gasteiger partial charge in [-0.2, -0.15) is 0 Å². The number of hydrogen-bond donors (Lipinski definition) is 0. The third-order valence-corrected chi connectivity index (χ3v) is 3.22. The van der Waals surface area contributed by atoms with Gasteiger partial charge in [-0.25, -0.2) is 0 Å². The molecule has 4 atom stereocenters. The number of rotatable bonds is 0. The van der Waals surface area contributed by atoms with E-state index in [4.69, 9.17) is 4.74 Å². The van der Waals surface area contributed by atoms with Crippen LogP contribution in [-0.2, 0) is 4.74 Å². The summed E-state index contributed by atoms with van der Waals surface area (Å²) in [7, 11) is 0. The predicted molar refractivity (Wildman–Crippen MR) is 38.1 cm³/mol. The summed E-state index contributed by atoms with van der Waals surface area (Å²) in [5.41, 5.74) is 0. The molecule has 1 nitrogen and oxygen atoms in total. The number of fused-ring (bicyclic) bond motifs is 5. The topological polar surface area (TPSA) is 9.23 Å². The number of ether oxygens (including phenoxy) is 1. The second kappa shape index (κ2) is 1.76. The van der Waals surface area contributed by atoms with Gasteiger partial charge in [0, 0.05) is 0 Å². The van der Waals surface area contributed by atoms with Crippen molar-refractivity contribution in [3.05, 3.63) is 12.8 Å². The maximum Gasteiger partial charge on any atom is 0.0643 e. The normalized spacial score (nSPS) is 57.6. The Kier molecular flexibility index (Phi) is 0.984. The lowest BCUT2D eigenvalue weighted by atomic mass is 9.82. The zero-order valence-electron chi connectivity index (χ0n) is 5.99. The lowest BCUT2D eigenvalue weighted by Crippen LogP contribution is -2.22. The first kappa shape index (κ1) is 5.59. The monoisotopic (exact) mass is 136 g/mol. The molecule has 1 heteroatoms. The molecule has 0 N–H and O–H groups in total. The molecular weight excluding hydrogens is 124 g/mol. The molecule has 2 bridgehead atoms. The summed E-state index contributed by atoms with van der Waals surface area (Å²) in [4.78, 5) is 0. The van der Waals surface area contributed by atoms with Gasteiger partial charge in [-0.1, -0.05) is 0 Å². The van der Waals surface area contributed by atoms with Crippen LogP contribution in [-0.4, -0.2) is 12.2 Å². The lowest BCUT2D eigenvalue weighted by Gasteiger charge is -2.19. The van der Waals surface area contributed by atoms with E-state index in [0.29, 0.717) is 12.2 Å². The minimum atomic E-state index is 0.536. The van der Waals surface area contributed by atoms with E-state index in [-0.39, 0.29) is 0 Å². The van der Waals surface area contributed by atoms with Gasteiger partial charge >= 0.3 is 0 Å². The van der Waals surface area contributed by atoms with Crippen molar-refractivity contribution in [1.29, 1.82) is 0 Å². The first-order valence-corrected chi connectivity index (χ1v) is 4.27. The smallest absolute Gasteiger partial charge is 0.0643 e. The molecule has 0 aromatic rings. The fourth-order valence-electron chi connectivity index (χ4n) is 2.76. The van der Waals surface area contributed by atoms with Crippen LogP contribution < -0.4 is 0 Å². The fraction of sp³-hybridized carbons (Fsp3) is 0.778. The van der Waals surface area contributed by atoms with E-state index >= 15 is 0 Å². The van der Waals surface area contributed by atoms with E-state index in [0.717, 1.165) is 11.8 Å². The van der Waals surface area contributed by atoms with Gasteiger partial charge in [-0.05, 0) is 43.9 Å². The Hall–Kier alpha value is -0.0400. The average Bonchev–Trinajstić information content (AvgIpc) is 2.60. The molecule has 0 aromatic heterocycles. The highest BCUT2D eigenvalue weighted by atomic mass is 16.5. The highest BCUT2D eigenvalue weighted by Crippen LogP contribution is 2.50. The maximum absolute atomic E-state index is 5.75. The molecule has 0 amide bonds. The molecule has 0 aromatic carbocycles. The van der Waals surface area contributed by atoms with E-state index in [1.165, 1.54) is 19.3 Å². The zero-order valence-corrected chi connectivity index (χ0v) is 5.99. The van der Waals surface area contributed by atoms with Crippen molar-refractivity contribution < 1.29 is 4.74 Å². The van der Waals surface area contributed by atoms with Crippen LogP contribution in [0.2, 0.25) is 0 Å². The van der Waals surface area contributed by atoms with Gasteiger partial charge in [0.1, 0.15) is 0 Å². The molecule has 2 radical (unpaired) electrons. The van der Waals surface area contributed by atoms with Crippen LogP contribution in [0.4, 0.5) is 0 Å². The SMILES string of the molecule is [CH]1CC2OC1C1CC[CH]C21. The summed E-state index contributed by atoms with van der Waals surface area (Å²) in [6.07, 6.45) is 9.88. The molecule has 54 valence electrons. The van der Waals surface area contributed by atoms with E-state index < -0.39 is 0 Å². The van der Waals surface area contributed by atoms with Crippen molar-refractivity contribution in [3.63, 3.8) is 0 Å². The molecule has 0 spiro atoms. The van der Waals surface area contributed by atoms with Crippen LogP contribution in [0, 0.1) is 24.7 Å². The van der Waals surface area contributed by atoms with Crippen molar-refractivity contribution in [3.8, 4) is 0 Å². The first-order chi connectivity index (χ1) is 4.95. The Labute approximate surface area is 61.8 Å². The minimum absolute atomic E-state index is 0.536. The Morgan fingerprint density at radius 2 is 2.30 bits per heavy atom. The first-order valence-electron chi connectivity index (χ1n) is 4.27. The van der Waals surface area contributed by atoms with Crippen molar-refractivity contribution in [2.24, 2.45) is 11.8 Å². The summed E-state index contributed by atoms with van der Waals surface area (Å²) in [6.45, 7) is 0. The van der Waals surface area contributed by atoms with Crippen molar-refractivity contribution in [1.82, 2.24) is 0 Å².